The number of rotatable bonds is 6. The van der Waals surface area contributed by atoms with E-state index in [-0.39, 0.29) is 5.69 Å². The summed E-state index contributed by atoms with van der Waals surface area (Å²) in [5.74, 6) is 0.246. The molecule has 0 atom stereocenters. The van der Waals surface area contributed by atoms with E-state index in [2.05, 4.69) is 10.1 Å². The van der Waals surface area contributed by atoms with E-state index >= 15 is 0 Å². The van der Waals surface area contributed by atoms with Gasteiger partial charge < -0.3 is 10.1 Å². The third-order valence-corrected chi connectivity index (χ3v) is 3.18. The molecule has 1 aromatic carbocycles. The van der Waals surface area contributed by atoms with E-state index in [4.69, 9.17) is 0 Å². The van der Waals surface area contributed by atoms with Gasteiger partial charge in [0.1, 0.15) is 5.69 Å². The summed E-state index contributed by atoms with van der Waals surface area (Å²) in [5.41, 5.74) is 0.652. The fourth-order valence-corrected chi connectivity index (χ4v) is 1.90. The molecule has 2 rings (SSSR count). The number of nitrogens with one attached hydrogen (secondary N) is 1. The molecule has 0 unspecified atom stereocenters. The highest BCUT2D eigenvalue weighted by Crippen LogP contribution is 2.33. The van der Waals surface area contributed by atoms with Gasteiger partial charge in [0, 0.05) is 12.6 Å². The van der Waals surface area contributed by atoms with Crippen LogP contribution >= 0.6 is 0 Å². The number of esters is 1. The summed E-state index contributed by atoms with van der Waals surface area (Å²) < 4.78 is 4.61. The molecular formula is C13H16N2O4. The summed E-state index contributed by atoms with van der Waals surface area (Å²) in [7, 11) is 1.28. The summed E-state index contributed by atoms with van der Waals surface area (Å²) in [5, 5.41) is 14.0. The van der Waals surface area contributed by atoms with Crippen LogP contribution in [0.2, 0.25) is 0 Å². The molecule has 0 heterocycles. The molecule has 0 spiro atoms. The van der Waals surface area contributed by atoms with Gasteiger partial charge >= 0.3 is 5.97 Å². The van der Waals surface area contributed by atoms with Crippen molar-refractivity contribution in [2.75, 3.05) is 19.0 Å². The Bertz CT molecular complexity index is 497. The van der Waals surface area contributed by atoms with Crippen molar-refractivity contribution in [1.82, 2.24) is 0 Å². The van der Waals surface area contributed by atoms with Crippen LogP contribution in [0.3, 0.4) is 0 Å². The number of nitro benzene ring substituents is 1. The van der Waals surface area contributed by atoms with E-state index in [0.29, 0.717) is 17.8 Å². The van der Waals surface area contributed by atoms with Crippen molar-refractivity contribution < 1.29 is 14.5 Å². The molecule has 0 aromatic heterocycles. The summed E-state index contributed by atoms with van der Waals surface area (Å²) >= 11 is 0. The minimum Gasteiger partial charge on any atom is -0.465 e. The van der Waals surface area contributed by atoms with Crippen LogP contribution in [0.15, 0.2) is 18.2 Å². The average Bonchev–Trinajstić information content (AvgIpc) is 3.21. The number of anilines is 1. The molecule has 0 aliphatic heterocycles. The minimum absolute atomic E-state index is 0.0246. The predicted octanol–water partition coefficient (Wildman–Crippen LogP) is 2.59. The van der Waals surface area contributed by atoms with Gasteiger partial charge in [0.15, 0.2) is 0 Å². The van der Waals surface area contributed by atoms with Crippen LogP contribution < -0.4 is 5.32 Å². The number of hydrogen-bond donors (Lipinski definition) is 1. The van der Waals surface area contributed by atoms with Crippen molar-refractivity contribution in [2.24, 2.45) is 5.92 Å². The van der Waals surface area contributed by atoms with E-state index in [1.165, 1.54) is 38.2 Å². The zero-order valence-corrected chi connectivity index (χ0v) is 10.7. The topological polar surface area (TPSA) is 81.5 Å². The summed E-state index contributed by atoms with van der Waals surface area (Å²) in [6.07, 6.45) is 3.48. The number of carbonyl (C=O) groups is 1. The minimum atomic E-state index is -0.500. The number of hydrogen-bond acceptors (Lipinski definition) is 5. The predicted molar refractivity (Wildman–Crippen MR) is 70.3 cm³/mol. The highest BCUT2D eigenvalue weighted by Gasteiger charge is 2.21. The molecule has 6 heteroatoms. The van der Waals surface area contributed by atoms with Crippen molar-refractivity contribution in [3.63, 3.8) is 0 Å². The van der Waals surface area contributed by atoms with E-state index < -0.39 is 10.9 Å². The number of nitrogens with zero attached hydrogens (tertiary/aromatic N) is 1. The van der Waals surface area contributed by atoms with Crippen molar-refractivity contribution in [2.45, 2.75) is 19.3 Å². The number of nitro groups is 1. The molecule has 1 aliphatic rings. The third-order valence-electron chi connectivity index (χ3n) is 3.18. The Morgan fingerprint density at radius 3 is 2.84 bits per heavy atom. The second kappa shape index (κ2) is 5.69. The zero-order valence-electron chi connectivity index (χ0n) is 10.7. The van der Waals surface area contributed by atoms with Gasteiger partial charge in [0.25, 0.3) is 5.69 Å². The number of carbonyl (C=O) groups excluding carboxylic acids is 1. The number of ether oxygens (including phenoxy) is 1. The zero-order chi connectivity index (χ0) is 13.8. The van der Waals surface area contributed by atoms with Gasteiger partial charge in [-0.15, -0.1) is 0 Å². The van der Waals surface area contributed by atoms with E-state index in [9.17, 15) is 14.9 Å². The van der Waals surface area contributed by atoms with Gasteiger partial charge in [-0.1, -0.05) is 12.8 Å². The van der Waals surface area contributed by atoms with Crippen LogP contribution in [0.5, 0.6) is 0 Å². The van der Waals surface area contributed by atoms with Crippen molar-refractivity contribution in [3.05, 3.63) is 33.9 Å². The van der Waals surface area contributed by atoms with Crippen molar-refractivity contribution in [3.8, 4) is 0 Å². The molecule has 102 valence electrons. The first kappa shape index (κ1) is 13.3. The summed E-state index contributed by atoms with van der Waals surface area (Å²) in [6, 6.07) is 4.19. The van der Waals surface area contributed by atoms with E-state index in [1.807, 2.05) is 0 Å². The van der Waals surface area contributed by atoms with Crippen molar-refractivity contribution >= 4 is 17.3 Å². The molecule has 1 N–H and O–H groups in total. The highest BCUT2D eigenvalue weighted by atomic mass is 16.6. The first-order valence-corrected chi connectivity index (χ1v) is 6.22. The van der Waals surface area contributed by atoms with Crippen LogP contribution in [0.25, 0.3) is 0 Å². The second-order valence-electron chi connectivity index (χ2n) is 4.64. The van der Waals surface area contributed by atoms with Crippen LogP contribution in [-0.4, -0.2) is 24.5 Å². The number of methoxy groups -OCH3 is 1. The molecule has 0 saturated heterocycles. The molecule has 0 amide bonds. The molecule has 19 heavy (non-hydrogen) atoms. The monoisotopic (exact) mass is 264 g/mol. The van der Waals surface area contributed by atoms with Gasteiger partial charge in [0.2, 0.25) is 0 Å². The molecule has 0 radical (unpaired) electrons. The molecule has 0 bridgehead atoms. The van der Waals surface area contributed by atoms with Crippen molar-refractivity contribution in [1.29, 1.82) is 0 Å². The lowest BCUT2D eigenvalue weighted by molar-refractivity contribution is -0.384. The third kappa shape index (κ3) is 3.43. The molecule has 1 aliphatic carbocycles. The Balaban J connectivity index is 2.14. The molecular weight excluding hydrogens is 248 g/mol. The average molecular weight is 264 g/mol. The Hall–Kier alpha value is -2.11. The lowest BCUT2D eigenvalue weighted by Crippen LogP contribution is -2.07. The standard InChI is InChI=1S/C13H16N2O4/c1-19-13(16)10-4-5-12(15(17)18)11(8-10)14-7-6-9-2-3-9/h4-5,8-9,14H,2-3,6-7H2,1H3. The smallest absolute Gasteiger partial charge is 0.337 e. The highest BCUT2D eigenvalue weighted by molar-refractivity contribution is 5.91. The molecule has 1 saturated carbocycles. The Morgan fingerprint density at radius 1 is 1.53 bits per heavy atom. The normalized spacial score (nSPS) is 13.9. The van der Waals surface area contributed by atoms with Gasteiger partial charge in [-0.25, -0.2) is 4.79 Å². The van der Waals surface area contributed by atoms with Crippen LogP contribution in [0.4, 0.5) is 11.4 Å². The Morgan fingerprint density at radius 2 is 2.26 bits per heavy atom. The first-order chi connectivity index (χ1) is 9.11. The maximum atomic E-state index is 11.4. The lowest BCUT2D eigenvalue weighted by Gasteiger charge is -2.08. The maximum Gasteiger partial charge on any atom is 0.337 e. The van der Waals surface area contributed by atoms with Gasteiger partial charge in [-0.2, -0.15) is 0 Å². The van der Waals surface area contributed by atoms with Crippen LogP contribution in [0, 0.1) is 16.0 Å². The largest absolute Gasteiger partial charge is 0.465 e. The van der Waals surface area contributed by atoms with E-state index in [0.717, 1.165) is 12.3 Å². The second-order valence-corrected chi connectivity index (χ2v) is 4.64. The molecule has 1 aromatic rings. The summed E-state index contributed by atoms with van der Waals surface area (Å²) in [6.45, 7) is 0.677. The lowest BCUT2D eigenvalue weighted by atomic mass is 10.1. The maximum absolute atomic E-state index is 11.4. The quantitative estimate of drug-likeness (QED) is 0.485. The number of benzene rings is 1. The van der Waals surface area contributed by atoms with Gasteiger partial charge in [-0.3, -0.25) is 10.1 Å². The van der Waals surface area contributed by atoms with Crippen LogP contribution in [0.1, 0.15) is 29.6 Å². The fraction of sp³-hybridized carbons (Fsp3) is 0.462. The first-order valence-electron chi connectivity index (χ1n) is 6.22. The summed E-state index contributed by atoms with van der Waals surface area (Å²) in [4.78, 5) is 21.9. The van der Waals surface area contributed by atoms with E-state index in [1.54, 1.807) is 0 Å². The molecule has 6 nitrogen and oxygen atoms in total. The Kier molecular flexibility index (Phi) is 3.99. The van der Waals surface area contributed by atoms with Crippen LogP contribution in [-0.2, 0) is 4.74 Å². The SMILES string of the molecule is COC(=O)c1ccc([N+](=O)[O-])c(NCCC2CC2)c1. The molecule has 1 fully saturated rings. The van der Waals surface area contributed by atoms with Gasteiger partial charge in [0.05, 0.1) is 17.6 Å². The Labute approximate surface area is 110 Å². The fourth-order valence-electron chi connectivity index (χ4n) is 1.90. The van der Waals surface area contributed by atoms with Gasteiger partial charge in [-0.05, 0) is 24.5 Å².